The molecule has 0 heterocycles. The minimum Gasteiger partial charge on any atom is -0.326 e. The molecular weight excluding hydrogens is 236 g/mol. The number of amides is 1. The number of hydrogen-bond donors (Lipinski definition) is 1. The van der Waals surface area contributed by atoms with Gasteiger partial charge in [0.2, 0.25) is 5.91 Å². The molecule has 3 heteroatoms. The van der Waals surface area contributed by atoms with Gasteiger partial charge in [0, 0.05) is 25.7 Å². The second-order valence-electron chi connectivity index (χ2n) is 4.99. The van der Waals surface area contributed by atoms with Crippen LogP contribution in [0.3, 0.4) is 0 Å². The predicted molar refractivity (Wildman–Crippen MR) is 81.1 cm³/mol. The highest BCUT2D eigenvalue weighted by atomic mass is 16.2. The van der Waals surface area contributed by atoms with Crippen molar-refractivity contribution in [3.05, 3.63) is 29.8 Å². The van der Waals surface area contributed by atoms with E-state index in [1.54, 1.807) is 4.90 Å². The molecule has 1 aromatic rings. The molecule has 0 atom stereocenters. The molecule has 19 heavy (non-hydrogen) atoms. The lowest BCUT2D eigenvalue weighted by Gasteiger charge is -2.18. The minimum atomic E-state index is 0.186. The van der Waals surface area contributed by atoms with Crippen LogP contribution in [0, 0.1) is 0 Å². The molecule has 0 aromatic heterocycles. The summed E-state index contributed by atoms with van der Waals surface area (Å²) in [6.07, 6.45) is 6.50. The first-order valence-corrected chi connectivity index (χ1v) is 7.24. The standard InChI is InChI=1S/C16H26N2O/c1-3-4-5-6-7-11-16(19)18(2)15-10-8-9-14(12-15)13-17/h8-10,12H,3-7,11,13,17H2,1-2H3. The summed E-state index contributed by atoms with van der Waals surface area (Å²) in [4.78, 5) is 13.8. The molecule has 3 nitrogen and oxygen atoms in total. The highest BCUT2D eigenvalue weighted by molar-refractivity contribution is 5.92. The second-order valence-corrected chi connectivity index (χ2v) is 4.99. The summed E-state index contributed by atoms with van der Waals surface area (Å²) in [5.74, 6) is 0.186. The number of carbonyl (C=O) groups is 1. The summed E-state index contributed by atoms with van der Waals surface area (Å²) in [6, 6.07) is 7.86. The topological polar surface area (TPSA) is 46.3 Å². The molecule has 0 saturated carbocycles. The van der Waals surface area contributed by atoms with Gasteiger partial charge in [-0.05, 0) is 24.1 Å². The van der Waals surface area contributed by atoms with Crippen LogP contribution in [0.1, 0.15) is 51.0 Å². The smallest absolute Gasteiger partial charge is 0.226 e. The van der Waals surface area contributed by atoms with Gasteiger partial charge in [-0.25, -0.2) is 0 Å². The van der Waals surface area contributed by atoms with E-state index in [0.717, 1.165) is 24.1 Å². The van der Waals surface area contributed by atoms with Crippen LogP contribution in [-0.4, -0.2) is 13.0 Å². The molecule has 0 radical (unpaired) electrons. The largest absolute Gasteiger partial charge is 0.326 e. The van der Waals surface area contributed by atoms with E-state index < -0.39 is 0 Å². The summed E-state index contributed by atoms with van der Waals surface area (Å²) in [6.45, 7) is 2.70. The summed E-state index contributed by atoms with van der Waals surface area (Å²) in [5.41, 5.74) is 7.61. The number of nitrogens with zero attached hydrogens (tertiary/aromatic N) is 1. The van der Waals surface area contributed by atoms with Crippen LogP contribution in [0.2, 0.25) is 0 Å². The Kier molecular flexibility index (Phi) is 7.19. The van der Waals surface area contributed by atoms with Crippen molar-refractivity contribution in [2.45, 2.75) is 52.0 Å². The van der Waals surface area contributed by atoms with Crippen LogP contribution in [0.5, 0.6) is 0 Å². The zero-order valence-corrected chi connectivity index (χ0v) is 12.2. The van der Waals surface area contributed by atoms with E-state index in [2.05, 4.69) is 6.92 Å². The highest BCUT2D eigenvalue weighted by Gasteiger charge is 2.10. The first-order chi connectivity index (χ1) is 9.19. The molecule has 0 spiro atoms. The van der Waals surface area contributed by atoms with Crippen molar-refractivity contribution in [3.63, 3.8) is 0 Å². The van der Waals surface area contributed by atoms with Crippen molar-refractivity contribution in [1.29, 1.82) is 0 Å². The van der Waals surface area contributed by atoms with Crippen molar-refractivity contribution in [3.8, 4) is 0 Å². The maximum atomic E-state index is 12.1. The molecule has 0 bridgehead atoms. The van der Waals surface area contributed by atoms with Gasteiger partial charge in [0.15, 0.2) is 0 Å². The second kappa shape index (κ2) is 8.70. The first kappa shape index (κ1) is 15.7. The fourth-order valence-corrected chi connectivity index (χ4v) is 2.08. The molecular formula is C16H26N2O. The van der Waals surface area contributed by atoms with Crippen LogP contribution < -0.4 is 10.6 Å². The molecule has 0 aliphatic rings. The SMILES string of the molecule is CCCCCCCC(=O)N(C)c1cccc(CN)c1. The van der Waals surface area contributed by atoms with Crippen LogP contribution in [-0.2, 0) is 11.3 Å². The Morgan fingerprint density at radius 3 is 2.63 bits per heavy atom. The Labute approximate surface area is 116 Å². The Balaban J connectivity index is 2.42. The Hall–Kier alpha value is -1.35. The third-order valence-electron chi connectivity index (χ3n) is 3.40. The number of unbranched alkanes of at least 4 members (excludes halogenated alkanes) is 4. The molecule has 1 aromatic carbocycles. The van der Waals surface area contributed by atoms with Gasteiger partial charge in [-0.2, -0.15) is 0 Å². The molecule has 2 N–H and O–H groups in total. The average molecular weight is 262 g/mol. The quantitative estimate of drug-likeness (QED) is 0.729. The van der Waals surface area contributed by atoms with Crippen molar-refractivity contribution >= 4 is 11.6 Å². The van der Waals surface area contributed by atoms with Crippen LogP contribution in [0.25, 0.3) is 0 Å². The summed E-state index contributed by atoms with van der Waals surface area (Å²) in [7, 11) is 1.84. The van der Waals surface area contributed by atoms with Crippen LogP contribution in [0.4, 0.5) is 5.69 Å². The first-order valence-electron chi connectivity index (χ1n) is 7.24. The van der Waals surface area contributed by atoms with Crippen molar-refractivity contribution in [1.82, 2.24) is 0 Å². The van der Waals surface area contributed by atoms with E-state index in [-0.39, 0.29) is 5.91 Å². The van der Waals surface area contributed by atoms with E-state index in [1.165, 1.54) is 19.3 Å². The number of hydrogen-bond acceptors (Lipinski definition) is 2. The van der Waals surface area contributed by atoms with E-state index in [1.807, 2.05) is 31.3 Å². The normalized spacial score (nSPS) is 10.5. The van der Waals surface area contributed by atoms with Crippen LogP contribution in [0.15, 0.2) is 24.3 Å². The molecule has 0 fully saturated rings. The predicted octanol–water partition coefficient (Wildman–Crippen LogP) is 3.47. The molecule has 0 unspecified atom stereocenters. The summed E-state index contributed by atoms with van der Waals surface area (Å²) >= 11 is 0. The van der Waals surface area contributed by atoms with Gasteiger partial charge in [-0.1, -0.05) is 44.7 Å². The Morgan fingerprint density at radius 1 is 1.21 bits per heavy atom. The monoisotopic (exact) mass is 262 g/mol. The highest BCUT2D eigenvalue weighted by Crippen LogP contribution is 2.16. The zero-order chi connectivity index (χ0) is 14.1. The maximum Gasteiger partial charge on any atom is 0.226 e. The van der Waals surface area contributed by atoms with Gasteiger partial charge in [0.05, 0.1) is 0 Å². The number of rotatable bonds is 8. The number of anilines is 1. The van der Waals surface area contributed by atoms with Gasteiger partial charge < -0.3 is 10.6 Å². The molecule has 106 valence electrons. The van der Waals surface area contributed by atoms with E-state index in [4.69, 9.17) is 5.73 Å². The number of benzene rings is 1. The number of nitrogens with two attached hydrogens (primary N) is 1. The third kappa shape index (κ3) is 5.43. The lowest BCUT2D eigenvalue weighted by atomic mass is 10.1. The molecule has 0 aliphatic carbocycles. The van der Waals surface area contributed by atoms with Gasteiger partial charge >= 0.3 is 0 Å². The van der Waals surface area contributed by atoms with E-state index in [0.29, 0.717) is 13.0 Å². The van der Waals surface area contributed by atoms with Gasteiger partial charge in [-0.3, -0.25) is 4.79 Å². The lowest BCUT2D eigenvalue weighted by Crippen LogP contribution is -2.25. The van der Waals surface area contributed by atoms with E-state index >= 15 is 0 Å². The maximum absolute atomic E-state index is 12.1. The summed E-state index contributed by atoms with van der Waals surface area (Å²) < 4.78 is 0. The lowest BCUT2D eigenvalue weighted by molar-refractivity contribution is -0.118. The van der Waals surface area contributed by atoms with Gasteiger partial charge in [0.1, 0.15) is 0 Å². The molecule has 0 aliphatic heterocycles. The van der Waals surface area contributed by atoms with Crippen molar-refractivity contribution < 1.29 is 4.79 Å². The fourth-order valence-electron chi connectivity index (χ4n) is 2.08. The van der Waals surface area contributed by atoms with E-state index in [9.17, 15) is 4.79 Å². The third-order valence-corrected chi connectivity index (χ3v) is 3.40. The van der Waals surface area contributed by atoms with Crippen molar-refractivity contribution in [2.24, 2.45) is 5.73 Å². The van der Waals surface area contributed by atoms with Crippen molar-refractivity contribution in [2.75, 3.05) is 11.9 Å². The number of carbonyl (C=O) groups excluding carboxylic acids is 1. The zero-order valence-electron chi connectivity index (χ0n) is 12.2. The van der Waals surface area contributed by atoms with Gasteiger partial charge in [0.25, 0.3) is 0 Å². The van der Waals surface area contributed by atoms with Crippen LogP contribution >= 0.6 is 0 Å². The fraction of sp³-hybridized carbons (Fsp3) is 0.562. The molecule has 0 saturated heterocycles. The Morgan fingerprint density at radius 2 is 1.95 bits per heavy atom. The molecule has 1 rings (SSSR count). The van der Waals surface area contributed by atoms with Gasteiger partial charge in [-0.15, -0.1) is 0 Å². The summed E-state index contributed by atoms with van der Waals surface area (Å²) in [5, 5.41) is 0. The average Bonchev–Trinajstić information content (AvgIpc) is 2.46. The Bertz CT molecular complexity index is 390. The molecule has 1 amide bonds. The minimum absolute atomic E-state index is 0.186.